The van der Waals surface area contributed by atoms with Gasteiger partial charge in [0.15, 0.2) is 0 Å². The van der Waals surface area contributed by atoms with Crippen molar-refractivity contribution in [3.05, 3.63) is 0 Å². The lowest BCUT2D eigenvalue weighted by Crippen LogP contribution is -2.54. The van der Waals surface area contributed by atoms with Gasteiger partial charge in [-0.05, 0) is 25.7 Å². The van der Waals surface area contributed by atoms with Crippen molar-refractivity contribution in [3.8, 4) is 0 Å². The van der Waals surface area contributed by atoms with Crippen LogP contribution in [-0.2, 0) is 9.59 Å². The van der Waals surface area contributed by atoms with Crippen molar-refractivity contribution >= 4 is 17.8 Å². The van der Waals surface area contributed by atoms with E-state index in [1.54, 1.807) is 0 Å². The van der Waals surface area contributed by atoms with Crippen molar-refractivity contribution in [1.29, 1.82) is 0 Å². The van der Waals surface area contributed by atoms with Crippen molar-refractivity contribution in [2.45, 2.75) is 50.6 Å². The second-order valence-corrected chi connectivity index (χ2v) is 5.99. The molecule has 8 nitrogen and oxygen atoms in total. The first-order chi connectivity index (χ1) is 10.1. The summed E-state index contributed by atoms with van der Waals surface area (Å²) in [5.74, 6) is -0.586. The van der Waals surface area contributed by atoms with Gasteiger partial charge in [-0.15, -0.1) is 0 Å². The van der Waals surface area contributed by atoms with E-state index in [0.717, 1.165) is 25.7 Å². The molecule has 0 radical (unpaired) electrons. The van der Waals surface area contributed by atoms with Gasteiger partial charge in [0.05, 0.1) is 6.04 Å². The van der Waals surface area contributed by atoms with Gasteiger partial charge in [0.1, 0.15) is 6.04 Å². The van der Waals surface area contributed by atoms with Crippen molar-refractivity contribution < 1.29 is 19.6 Å². The summed E-state index contributed by atoms with van der Waals surface area (Å²) in [5, 5.41) is 10.3. The van der Waals surface area contributed by atoms with E-state index < -0.39 is 18.0 Å². The number of hydrazine groups is 1. The fraction of sp³-hybridized carbons (Fsp3) is 0.769. The SMILES string of the molecule is O=C(NNC(=O)[C@@H]1CC[C@@H]2CN1C(=O)N2O)C1CCCC1. The van der Waals surface area contributed by atoms with Gasteiger partial charge >= 0.3 is 6.03 Å². The third kappa shape index (κ3) is 2.55. The van der Waals surface area contributed by atoms with Crippen molar-refractivity contribution in [1.82, 2.24) is 20.8 Å². The zero-order chi connectivity index (χ0) is 15.0. The lowest BCUT2D eigenvalue weighted by atomic mass is 10.0. The number of hydroxylamine groups is 2. The van der Waals surface area contributed by atoms with Gasteiger partial charge in [-0.2, -0.15) is 0 Å². The van der Waals surface area contributed by atoms with Crippen LogP contribution in [0.15, 0.2) is 0 Å². The number of carbonyl (C=O) groups excluding carboxylic acids is 3. The minimum atomic E-state index is -0.630. The van der Waals surface area contributed by atoms with Crippen LogP contribution in [0.25, 0.3) is 0 Å². The van der Waals surface area contributed by atoms with Gasteiger partial charge in [0.2, 0.25) is 5.91 Å². The van der Waals surface area contributed by atoms with Crippen LogP contribution in [0.1, 0.15) is 38.5 Å². The molecule has 2 atom stereocenters. The molecule has 0 aromatic carbocycles. The minimum absolute atomic E-state index is 0.0256. The topological polar surface area (TPSA) is 102 Å². The van der Waals surface area contributed by atoms with Crippen LogP contribution in [0, 0.1) is 5.92 Å². The van der Waals surface area contributed by atoms with Gasteiger partial charge in [-0.25, -0.2) is 9.86 Å². The number of rotatable bonds is 2. The highest BCUT2D eigenvalue weighted by Gasteiger charge is 2.46. The Morgan fingerprint density at radius 3 is 2.43 bits per heavy atom. The Bertz CT molecular complexity index is 463. The third-order valence-corrected chi connectivity index (χ3v) is 4.68. The molecule has 2 bridgehead atoms. The van der Waals surface area contributed by atoms with Crippen LogP contribution in [0.5, 0.6) is 0 Å². The predicted molar refractivity (Wildman–Crippen MR) is 70.8 cm³/mol. The molecule has 116 valence electrons. The number of fused-ring (bicyclic) bond motifs is 2. The molecule has 2 saturated heterocycles. The standard InChI is InChI=1S/C13H20N4O4/c18-11(8-3-1-2-4-8)14-15-12(19)10-6-5-9-7-16(10)13(20)17(9)21/h8-10,21H,1-7H2,(H,14,18)(H,15,19)/t9-,10+/m1/s1. The Labute approximate surface area is 122 Å². The van der Waals surface area contributed by atoms with Crippen LogP contribution in [0.2, 0.25) is 0 Å². The molecule has 1 saturated carbocycles. The Balaban J connectivity index is 1.53. The zero-order valence-corrected chi connectivity index (χ0v) is 11.7. The number of carbonyl (C=O) groups is 3. The first-order valence-electron chi connectivity index (χ1n) is 7.46. The van der Waals surface area contributed by atoms with Gasteiger partial charge < -0.3 is 4.90 Å². The lowest BCUT2D eigenvalue weighted by molar-refractivity contribution is -0.133. The molecule has 8 heteroatoms. The van der Waals surface area contributed by atoms with Crippen LogP contribution >= 0.6 is 0 Å². The van der Waals surface area contributed by atoms with Crippen LogP contribution in [0.4, 0.5) is 4.79 Å². The second-order valence-electron chi connectivity index (χ2n) is 5.99. The van der Waals surface area contributed by atoms with E-state index in [1.165, 1.54) is 4.90 Å². The predicted octanol–water partition coefficient (Wildman–Crippen LogP) is -0.0182. The minimum Gasteiger partial charge on any atom is -0.309 e. The molecule has 4 amide bonds. The molecule has 3 aliphatic rings. The maximum atomic E-state index is 12.1. The molecular weight excluding hydrogens is 276 g/mol. The van der Waals surface area contributed by atoms with Gasteiger partial charge in [-0.1, -0.05) is 12.8 Å². The monoisotopic (exact) mass is 296 g/mol. The largest absolute Gasteiger partial charge is 0.344 e. The van der Waals surface area contributed by atoms with Gasteiger partial charge in [0.25, 0.3) is 5.91 Å². The van der Waals surface area contributed by atoms with E-state index in [2.05, 4.69) is 10.9 Å². The van der Waals surface area contributed by atoms with E-state index in [1.807, 2.05) is 0 Å². The molecule has 3 fully saturated rings. The molecule has 0 unspecified atom stereocenters. The number of amides is 4. The number of hydrogen-bond donors (Lipinski definition) is 3. The van der Waals surface area contributed by atoms with Crippen LogP contribution < -0.4 is 10.9 Å². The Hall–Kier alpha value is -1.83. The summed E-state index contributed by atoms with van der Waals surface area (Å²) in [6.07, 6.45) is 4.87. The molecule has 2 aliphatic heterocycles. The quantitative estimate of drug-likeness (QED) is 0.492. The average Bonchev–Trinajstić information content (AvgIpc) is 3.10. The van der Waals surface area contributed by atoms with Gasteiger partial charge in [0, 0.05) is 12.5 Å². The number of urea groups is 1. The van der Waals surface area contributed by atoms with E-state index in [9.17, 15) is 19.6 Å². The molecule has 21 heavy (non-hydrogen) atoms. The third-order valence-electron chi connectivity index (χ3n) is 4.68. The van der Waals surface area contributed by atoms with Crippen molar-refractivity contribution in [3.63, 3.8) is 0 Å². The molecular formula is C13H20N4O4. The van der Waals surface area contributed by atoms with E-state index in [0.29, 0.717) is 24.4 Å². The molecule has 3 rings (SSSR count). The smallest absolute Gasteiger partial charge is 0.309 e. The molecule has 0 spiro atoms. The lowest BCUT2D eigenvalue weighted by Gasteiger charge is -2.29. The summed E-state index contributed by atoms with van der Waals surface area (Å²) in [7, 11) is 0. The van der Waals surface area contributed by atoms with E-state index in [-0.39, 0.29) is 17.9 Å². The molecule has 0 aromatic rings. The summed E-state index contributed by atoms with van der Waals surface area (Å²) in [4.78, 5) is 37.1. The summed E-state index contributed by atoms with van der Waals surface area (Å²) >= 11 is 0. The van der Waals surface area contributed by atoms with Crippen molar-refractivity contribution in [2.75, 3.05) is 6.54 Å². The molecule has 0 aromatic heterocycles. The average molecular weight is 296 g/mol. The number of hydrogen-bond acceptors (Lipinski definition) is 4. The Morgan fingerprint density at radius 1 is 1.05 bits per heavy atom. The maximum absolute atomic E-state index is 12.1. The fourth-order valence-electron chi connectivity index (χ4n) is 3.42. The summed E-state index contributed by atoms with van der Waals surface area (Å²) in [6.45, 7) is 0.351. The first kappa shape index (κ1) is 14.1. The Morgan fingerprint density at radius 2 is 1.71 bits per heavy atom. The van der Waals surface area contributed by atoms with Crippen LogP contribution in [0.3, 0.4) is 0 Å². The summed E-state index contributed by atoms with van der Waals surface area (Å²) < 4.78 is 0. The summed E-state index contributed by atoms with van der Waals surface area (Å²) in [6, 6.07) is -1.40. The zero-order valence-electron chi connectivity index (χ0n) is 11.7. The van der Waals surface area contributed by atoms with Gasteiger partial charge in [-0.3, -0.25) is 25.6 Å². The van der Waals surface area contributed by atoms with E-state index in [4.69, 9.17) is 0 Å². The highest BCUT2D eigenvalue weighted by atomic mass is 16.5. The second kappa shape index (κ2) is 5.51. The number of piperidine rings is 1. The Kier molecular flexibility index (Phi) is 3.71. The van der Waals surface area contributed by atoms with Crippen LogP contribution in [-0.4, -0.2) is 51.6 Å². The fourth-order valence-corrected chi connectivity index (χ4v) is 3.42. The van der Waals surface area contributed by atoms with E-state index >= 15 is 0 Å². The molecule has 1 aliphatic carbocycles. The summed E-state index contributed by atoms with van der Waals surface area (Å²) in [5.41, 5.74) is 4.87. The highest BCUT2D eigenvalue weighted by molar-refractivity contribution is 5.90. The normalized spacial score (nSPS) is 28.9. The number of nitrogens with one attached hydrogen (secondary N) is 2. The highest BCUT2D eigenvalue weighted by Crippen LogP contribution is 2.28. The molecule has 3 N–H and O–H groups in total. The maximum Gasteiger partial charge on any atom is 0.344 e. The molecule has 2 heterocycles. The van der Waals surface area contributed by atoms with Crippen molar-refractivity contribution in [2.24, 2.45) is 5.92 Å². The first-order valence-corrected chi connectivity index (χ1v) is 7.46. The number of nitrogens with zero attached hydrogens (tertiary/aromatic N) is 2.